The molecular formula is C16H17ClN2O. The molecule has 1 amide bonds. The van der Waals surface area contributed by atoms with Gasteiger partial charge in [-0.3, -0.25) is 4.79 Å². The molecule has 104 valence electrons. The molecule has 1 aromatic heterocycles. The van der Waals surface area contributed by atoms with E-state index in [2.05, 4.69) is 24.0 Å². The van der Waals surface area contributed by atoms with Crippen molar-refractivity contribution in [2.24, 2.45) is 0 Å². The van der Waals surface area contributed by atoms with E-state index in [0.717, 1.165) is 12.0 Å². The number of pyridine rings is 1. The number of nitrogens with zero attached hydrogens (tertiary/aromatic N) is 2. The van der Waals surface area contributed by atoms with Crippen molar-refractivity contribution < 1.29 is 4.79 Å². The summed E-state index contributed by atoms with van der Waals surface area (Å²) in [6, 6.07) is 11.7. The van der Waals surface area contributed by atoms with Crippen molar-refractivity contribution in [3.8, 4) is 0 Å². The van der Waals surface area contributed by atoms with Crippen LogP contribution in [0, 0.1) is 0 Å². The van der Waals surface area contributed by atoms with Crippen LogP contribution in [-0.2, 0) is 13.0 Å². The number of hydrogen-bond donors (Lipinski definition) is 0. The molecule has 0 radical (unpaired) electrons. The second kappa shape index (κ2) is 6.53. The normalized spacial score (nSPS) is 10.3. The molecule has 0 unspecified atom stereocenters. The number of aromatic nitrogens is 1. The molecule has 0 spiro atoms. The Labute approximate surface area is 124 Å². The third kappa shape index (κ3) is 3.36. The lowest BCUT2D eigenvalue weighted by atomic mass is 10.1. The second-order valence-corrected chi connectivity index (χ2v) is 5.03. The first kappa shape index (κ1) is 14.5. The summed E-state index contributed by atoms with van der Waals surface area (Å²) in [5.74, 6) is -0.123. The van der Waals surface area contributed by atoms with Crippen LogP contribution < -0.4 is 0 Å². The van der Waals surface area contributed by atoms with Gasteiger partial charge in [0.2, 0.25) is 0 Å². The van der Waals surface area contributed by atoms with Gasteiger partial charge in [-0.15, -0.1) is 0 Å². The van der Waals surface area contributed by atoms with Crippen LogP contribution in [0.2, 0.25) is 5.15 Å². The Hall–Kier alpha value is -1.87. The molecule has 1 heterocycles. The molecule has 1 aromatic carbocycles. The standard InChI is InChI=1S/C16H17ClN2O/c1-3-12-6-8-13(9-7-12)11-19(2)16(20)14-5-4-10-18-15(14)17/h4-10H,3,11H2,1-2H3. The third-order valence-electron chi connectivity index (χ3n) is 3.19. The molecule has 20 heavy (non-hydrogen) atoms. The topological polar surface area (TPSA) is 33.2 Å². The molecule has 2 aromatic rings. The van der Waals surface area contributed by atoms with E-state index in [9.17, 15) is 4.79 Å². The minimum atomic E-state index is -0.123. The molecular weight excluding hydrogens is 272 g/mol. The van der Waals surface area contributed by atoms with Crippen LogP contribution in [-0.4, -0.2) is 22.8 Å². The predicted octanol–water partition coefficient (Wildman–Crippen LogP) is 3.57. The monoisotopic (exact) mass is 288 g/mol. The smallest absolute Gasteiger partial charge is 0.257 e. The first-order valence-corrected chi connectivity index (χ1v) is 6.93. The van der Waals surface area contributed by atoms with E-state index in [0.29, 0.717) is 12.1 Å². The predicted molar refractivity (Wildman–Crippen MR) is 80.9 cm³/mol. The zero-order valence-electron chi connectivity index (χ0n) is 11.6. The second-order valence-electron chi connectivity index (χ2n) is 4.67. The Morgan fingerprint density at radius 1 is 1.20 bits per heavy atom. The molecule has 0 fully saturated rings. The lowest BCUT2D eigenvalue weighted by molar-refractivity contribution is 0.0785. The van der Waals surface area contributed by atoms with E-state index in [1.165, 1.54) is 5.56 Å². The Kier molecular flexibility index (Phi) is 4.74. The summed E-state index contributed by atoms with van der Waals surface area (Å²) >= 11 is 5.95. The van der Waals surface area contributed by atoms with Crippen molar-refractivity contribution >= 4 is 17.5 Å². The van der Waals surface area contributed by atoms with E-state index in [-0.39, 0.29) is 11.1 Å². The maximum Gasteiger partial charge on any atom is 0.257 e. The summed E-state index contributed by atoms with van der Waals surface area (Å²) in [4.78, 5) is 17.9. The highest BCUT2D eigenvalue weighted by Gasteiger charge is 2.15. The fraction of sp³-hybridized carbons (Fsp3) is 0.250. The summed E-state index contributed by atoms with van der Waals surface area (Å²) in [6.07, 6.45) is 2.59. The Morgan fingerprint density at radius 2 is 1.85 bits per heavy atom. The van der Waals surface area contributed by atoms with Crippen molar-refractivity contribution in [1.82, 2.24) is 9.88 Å². The Bertz CT molecular complexity index is 596. The number of hydrogen-bond acceptors (Lipinski definition) is 2. The van der Waals surface area contributed by atoms with Crippen LogP contribution in [0.15, 0.2) is 42.6 Å². The average Bonchev–Trinajstić information content (AvgIpc) is 2.48. The van der Waals surface area contributed by atoms with Crippen LogP contribution in [0.4, 0.5) is 0 Å². The van der Waals surface area contributed by atoms with E-state index < -0.39 is 0 Å². The van der Waals surface area contributed by atoms with E-state index in [1.54, 1.807) is 30.3 Å². The van der Waals surface area contributed by atoms with Crippen molar-refractivity contribution in [2.45, 2.75) is 19.9 Å². The highest BCUT2D eigenvalue weighted by molar-refractivity contribution is 6.32. The van der Waals surface area contributed by atoms with Crippen molar-refractivity contribution in [2.75, 3.05) is 7.05 Å². The summed E-state index contributed by atoms with van der Waals surface area (Å²) in [5.41, 5.74) is 2.82. The van der Waals surface area contributed by atoms with Gasteiger partial charge in [-0.2, -0.15) is 0 Å². The number of amides is 1. The first-order chi connectivity index (χ1) is 9.61. The molecule has 0 saturated carbocycles. The van der Waals surface area contributed by atoms with E-state index in [1.807, 2.05) is 12.1 Å². The Morgan fingerprint density at radius 3 is 2.45 bits per heavy atom. The van der Waals surface area contributed by atoms with Gasteiger partial charge in [-0.05, 0) is 29.7 Å². The van der Waals surface area contributed by atoms with Crippen LogP contribution in [0.5, 0.6) is 0 Å². The molecule has 0 bridgehead atoms. The zero-order chi connectivity index (χ0) is 14.5. The van der Waals surface area contributed by atoms with Gasteiger partial charge < -0.3 is 4.90 Å². The van der Waals surface area contributed by atoms with Gasteiger partial charge in [0, 0.05) is 19.8 Å². The maximum atomic E-state index is 12.3. The molecule has 0 atom stereocenters. The largest absolute Gasteiger partial charge is 0.337 e. The number of aryl methyl sites for hydroxylation is 1. The number of benzene rings is 1. The zero-order valence-corrected chi connectivity index (χ0v) is 12.4. The van der Waals surface area contributed by atoms with Crippen molar-refractivity contribution in [3.63, 3.8) is 0 Å². The third-order valence-corrected chi connectivity index (χ3v) is 3.49. The van der Waals surface area contributed by atoms with Gasteiger partial charge in [0.05, 0.1) is 5.56 Å². The molecule has 4 heteroatoms. The van der Waals surface area contributed by atoms with Crippen molar-refractivity contribution in [3.05, 3.63) is 64.4 Å². The summed E-state index contributed by atoms with van der Waals surface area (Å²) in [7, 11) is 1.76. The van der Waals surface area contributed by atoms with Gasteiger partial charge >= 0.3 is 0 Å². The highest BCUT2D eigenvalue weighted by Crippen LogP contribution is 2.15. The van der Waals surface area contributed by atoms with Crippen LogP contribution in [0.3, 0.4) is 0 Å². The van der Waals surface area contributed by atoms with Crippen LogP contribution in [0.1, 0.15) is 28.4 Å². The number of carbonyl (C=O) groups excluding carboxylic acids is 1. The van der Waals surface area contributed by atoms with Crippen molar-refractivity contribution in [1.29, 1.82) is 0 Å². The lowest BCUT2D eigenvalue weighted by Crippen LogP contribution is -2.26. The SMILES string of the molecule is CCc1ccc(CN(C)C(=O)c2cccnc2Cl)cc1. The molecule has 2 rings (SSSR count). The fourth-order valence-electron chi connectivity index (χ4n) is 1.98. The number of carbonyl (C=O) groups is 1. The van der Waals surface area contributed by atoms with Gasteiger partial charge in [0.1, 0.15) is 5.15 Å². The van der Waals surface area contributed by atoms with Gasteiger partial charge in [-0.1, -0.05) is 42.8 Å². The summed E-state index contributed by atoms with van der Waals surface area (Å²) in [6.45, 7) is 2.67. The lowest BCUT2D eigenvalue weighted by Gasteiger charge is -2.18. The summed E-state index contributed by atoms with van der Waals surface area (Å²) in [5, 5.41) is 0.241. The molecule has 0 N–H and O–H groups in total. The average molecular weight is 289 g/mol. The quantitative estimate of drug-likeness (QED) is 0.806. The molecule has 0 aliphatic rings. The highest BCUT2D eigenvalue weighted by atomic mass is 35.5. The van der Waals surface area contributed by atoms with Gasteiger partial charge in [0.15, 0.2) is 0 Å². The minimum absolute atomic E-state index is 0.123. The van der Waals surface area contributed by atoms with Gasteiger partial charge in [0.25, 0.3) is 5.91 Å². The first-order valence-electron chi connectivity index (χ1n) is 6.55. The summed E-state index contributed by atoms with van der Waals surface area (Å²) < 4.78 is 0. The fourth-order valence-corrected chi connectivity index (χ4v) is 2.18. The van der Waals surface area contributed by atoms with E-state index >= 15 is 0 Å². The maximum absolute atomic E-state index is 12.3. The number of rotatable bonds is 4. The van der Waals surface area contributed by atoms with Crippen LogP contribution >= 0.6 is 11.6 Å². The van der Waals surface area contributed by atoms with E-state index in [4.69, 9.17) is 11.6 Å². The van der Waals surface area contributed by atoms with Gasteiger partial charge in [-0.25, -0.2) is 4.98 Å². The molecule has 3 nitrogen and oxygen atoms in total. The Balaban J connectivity index is 2.09. The minimum Gasteiger partial charge on any atom is -0.337 e. The molecule has 0 aliphatic carbocycles. The number of halogens is 1. The van der Waals surface area contributed by atoms with Crippen LogP contribution in [0.25, 0.3) is 0 Å². The molecule has 0 saturated heterocycles. The molecule has 0 aliphatic heterocycles.